The molecular formula is C23H22FN5O3. The summed E-state index contributed by atoms with van der Waals surface area (Å²) in [7, 11) is 1.61. The number of amides is 1. The zero-order valence-corrected chi connectivity index (χ0v) is 17.7. The van der Waals surface area contributed by atoms with Crippen molar-refractivity contribution in [3.8, 4) is 17.0 Å². The average Bonchev–Trinajstić information content (AvgIpc) is 3.24. The molecule has 0 spiro atoms. The number of nitrogens with one attached hydrogen (secondary N) is 1. The van der Waals surface area contributed by atoms with Crippen LogP contribution in [-0.2, 0) is 4.74 Å². The van der Waals surface area contributed by atoms with Crippen LogP contribution in [0.1, 0.15) is 29.1 Å². The number of fused-ring (bicyclic) bond motifs is 1. The third kappa shape index (κ3) is 4.73. The Bertz CT molecular complexity index is 1230. The van der Waals surface area contributed by atoms with Crippen LogP contribution in [0.4, 0.5) is 4.39 Å². The minimum absolute atomic E-state index is 0.259. The largest absolute Gasteiger partial charge is 0.491 e. The number of carbonyl (C=O) groups excluding carboxylic acids is 1. The monoisotopic (exact) mass is 435 g/mol. The number of rotatable bonds is 8. The van der Waals surface area contributed by atoms with Crippen LogP contribution in [0.25, 0.3) is 16.9 Å². The lowest BCUT2D eigenvalue weighted by atomic mass is 10.1. The first-order valence-corrected chi connectivity index (χ1v) is 10.0. The van der Waals surface area contributed by atoms with Gasteiger partial charge in [-0.05, 0) is 43.3 Å². The van der Waals surface area contributed by atoms with E-state index in [1.54, 1.807) is 62.6 Å². The Morgan fingerprint density at radius 3 is 2.69 bits per heavy atom. The first kappa shape index (κ1) is 21.4. The van der Waals surface area contributed by atoms with Crippen LogP contribution < -0.4 is 10.1 Å². The molecule has 164 valence electrons. The lowest BCUT2D eigenvalue weighted by Crippen LogP contribution is -2.27. The number of hydrogen-bond acceptors (Lipinski definition) is 6. The molecule has 2 aromatic heterocycles. The van der Waals surface area contributed by atoms with E-state index < -0.39 is 6.04 Å². The van der Waals surface area contributed by atoms with E-state index in [9.17, 15) is 9.18 Å². The summed E-state index contributed by atoms with van der Waals surface area (Å²) < 4.78 is 26.0. The predicted molar refractivity (Wildman–Crippen MR) is 116 cm³/mol. The van der Waals surface area contributed by atoms with Crippen LogP contribution >= 0.6 is 0 Å². The molecule has 0 saturated carbocycles. The quantitative estimate of drug-likeness (QED) is 0.427. The molecule has 0 fully saturated rings. The predicted octanol–water partition coefficient (Wildman–Crippen LogP) is 3.45. The van der Waals surface area contributed by atoms with E-state index >= 15 is 0 Å². The molecule has 2 heterocycles. The Labute approximate surface area is 184 Å². The Hall–Kier alpha value is -3.85. The van der Waals surface area contributed by atoms with Crippen molar-refractivity contribution >= 4 is 11.6 Å². The molecule has 0 radical (unpaired) electrons. The molecular weight excluding hydrogens is 413 g/mol. The zero-order valence-electron chi connectivity index (χ0n) is 17.7. The summed E-state index contributed by atoms with van der Waals surface area (Å²) in [5.74, 6) is 0.460. The molecule has 0 unspecified atom stereocenters. The summed E-state index contributed by atoms with van der Waals surface area (Å²) in [4.78, 5) is 21.3. The minimum atomic E-state index is -0.447. The van der Waals surface area contributed by atoms with Gasteiger partial charge in [0, 0.05) is 24.3 Å². The van der Waals surface area contributed by atoms with Crippen LogP contribution in [0.2, 0.25) is 0 Å². The number of aromatic nitrogens is 4. The van der Waals surface area contributed by atoms with E-state index in [4.69, 9.17) is 9.47 Å². The number of ether oxygens (including phenoxy) is 2. The standard InChI is InChI=1S/C23H22FN5O3/c1-15(26-23(30)16-7-9-17(10-8-16)32-12-11-31-2)22-27-21-13-20(25-14-29(21)28-22)18-5-3-4-6-19(18)24/h3-10,13-15H,11-12H2,1-2H3,(H,26,30)/t15-/m1/s1. The van der Waals surface area contributed by atoms with Gasteiger partial charge in [-0.1, -0.05) is 12.1 Å². The van der Waals surface area contributed by atoms with Crippen molar-refractivity contribution in [2.45, 2.75) is 13.0 Å². The molecule has 8 nitrogen and oxygen atoms in total. The minimum Gasteiger partial charge on any atom is -0.491 e. The second kappa shape index (κ2) is 9.52. The summed E-state index contributed by atoms with van der Waals surface area (Å²) >= 11 is 0. The molecule has 0 aliphatic heterocycles. The van der Waals surface area contributed by atoms with Crippen molar-refractivity contribution in [1.82, 2.24) is 24.9 Å². The Morgan fingerprint density at radius 2 is 1.94 bits per heavy atom. The highest BCUT2D eigenvalue weighted by molar-refractivity contribution is 5.94. The molecule has 9 heteroatoms. The van der Waals surface area contributed by atoms with Gasteiger partial charge in [0.05, 0.1) is 18.3 Å². The van der Waals surface area contributed by atoms with Crippen LogP contribution in [0.3, 0.4) is 0 Å². The fraction of sp³-hybridized carbons (Fsp3) is 0.217. The first-order valence-electron chi connectivity index (χ1n) is 10.0. The van der Waals surface area contributed by atoms with E-state index in [0.29, 0.717) is 47.3 Å². The van der Waals surface area contributed by atoms with Gasteiger partial charge in [-0.2, -0.15) is 0 Å². The lowest BCUT2D eigenvalue weighted by Gasteiger charge is -2.11. The first-order chi connectivity index (χ1) is 15.5. The van der Waals surface area contributed by atoms with Gasteiger partial charge in [0.25, 0.3) is 5.91 Å². The van der Waals surface area contributed by atoms with Crippen molar-refractivity contribution in [3.05, 3.63) is 78.1 Å². The van der Waals surface area contributed by atoms with Gasteiger partial charge >= 0.3 is 0 Å². The smallest absolute Gasteiger partial charge is 0.251 e. The molecule has 0 aliphatic carbocycles. The number of carbonyl (C=O) groups is 1. The van der Waals surface area contributed by atoms with Crippen LogP contribution in [0, 0.1) is 5.82 Å². The van der Waals surface area contributed by atoms with Gasteiger partial charge in [-0.3, -0.25) is 4.79 Å². The SMILES string of the molecule is COCCOc1ccc(C(=O)N[C@H](C)c2nc3cc(-c4ccccc4F)ncn3n2)cc1. The summed E-state index contributed by atoms with van der Waals surface area (Å²) in [6.07, 6.45) is 1.48. The maximum absolute atomic E-state index is 14.1. The molecule has 0 aliphatic rings. The second-order valence-electron chi connectivity index (χ2n) is 7.09. The Morgan fingerprint density at radius 1 is 1.16 bits per heavy atom. The number of halogens is 1. The third-order valence-electron chi connectivity index (χ3n) is 4.80. The lowest BCUT2D eigenvalue weighted by molar-refractivity contribution is 0.0938. The van der Waals surface area contributed by atoms with E-state index in [0.717, 1.165) is 0 Å². The maximum Gasteiger partial charge on any atom is 0.251 e. The summed E-state index contributed by atoms with van der Waals surface area (Å²) in [6, 6.07) is 14.5. The normalized spacial score (nSPS) is 12.0. The highest BCUT2D eigenvalue weighted by Gasteiger charge is 2.17. The van der Waals surface area contributed by atoms with Gasteiger partial charge in [0.15, 0.2) is 11.5 Å². The van der Waals surface area contributed by atoms with E-state index in [1.807, 2.05) is 0 Å². The van der Waals surface area contributed by atoms with Crippen LogP contribution in [-0.4, -0.2) is 45.8 Å². The fourth-order valence-corrected chi connectivity index (χ4v) is 3.10. The van der Waals surface area contributed by atoms with Gasteiger partial charge in [-0.15, -0.1) is 5.10 Å². The highest BCUT2D eigenvalue weighted by atomic mass is 19.1. The van der Waals surface area contributed by atoms with Crippen molar-refractivity contribution in [3.63, 3.8) is 0 Å². The fourth-order valence-electron chi connectivity index (χ4n) is 3.10. The molecule has 0 saturated heterocycles. The summed E-state index contributed by atoms with van der Waals surface area (Å²) in [5, 5.41) is 7.26. The molecule has 1 amide bonds. The number of nitrogens with zero attached hydrogens (tertiary/aromatic N) is 4. The molecule has 4 rings (SSSR count). The van der Waals surface area contributed by atoms with Gasteiger partial charge < -0.3 is 14.8 Å². The summed E-state index contributed by atoms with van der Waals surface area (Å²) in [5.41, 5.74) is 1.84. The van der Waals surface area contributed by atoms with Crippen molar-refractivity contribution < 1.29 is 18.7 Å². The van der Waals surface area contributed by atoms with Crippen LogP contribution in [0.15, 0.2) is 60.9 Å². The van der Waals surface area contributed by atoms with E-state index in [1.165, 1.54) is 16.9 Å². The Balaban J connectivity index is 1.46. The Kier molecular flexibility index (Phi) is 6.37. The topological polar surface area (TPSA) is 90.6 Å². The van der Waals surface area contributed by atoms with Crippen molar-refractivity contribution in [1.29, 1.82) is 0 Å². The van der Waals surface area contributed by atoms with Crippen molar-refractivity contribution in [2.75, 3.05) is 20.3 Å². The zero-order chi connectivity index (χ0) is 22.5. The van der Waals surface area contributed by atoms with Crippen LogP contribution in [0.5, 0.6) is 5.75 Å². The number of hydrogen-bond donors (Lipinski definition) is 1. The summed E-state index contributed by atoms with van der Waals surface area (Å²) in [6.45, 7) is 2.72. The van der Waals surface area contributed by atoms with E-state index in [2.05, 4.69) is 20.4 Å². The second-order valence-corrected chi connectivity index (χ2v) is 7.09. The average molecular weight is 435 g/mol. The third-order valence-corrected chi connectivity index (χ3v) is 4.80. The van der Waals surface area contributed by atoms with Gasteiger partial charge in [0.2, 0.25) is 0 Å². The molecule has 2 aromatic carbocycles. The molecule has 4 aromatic rings. The number of benzene rings is 2. The van der Waals surface area contributed by atoms with E-state index in [-0.39, 0.29) is 11.7 Å². The van der Waals surface area contributed by atoms with Gasteiger partial charge in [-0.25, -0.2) is 18.9 Å². The molecule has 32 heavy (non-hydrogen) atoms. The molecule has 1 atom stereocenters. The maximum atomic E-state index is 14.1. The molecule has 1 N–H and O–H groups in total. The molecule has 0 bridgehead atoms. The highest BCUT2D eigenvalue weighted by Crippen LogP contribution is 2.21. The van der Waals surface area contributed by atoms with Gasteiger partial charge in [0.1, 0.15) is 24.5 Å². The van der Waals surface area contributed by atoms with Crippen molar-refractivity contribution in [2.24, 2.45) is 0 Å². The number of methoxy groups -OCH3 is 1.